The monoisotopic (exact) mass is 395 g/mol. The Morgan fingerprint density at radius 1 is 1.38 bits per heavy atom. The number of aromatic nitrogens is 2. The van der Waals surface area contributed by atoms with Gasteiger partial charge in [0.1, 0.15) is 0 Å². The number of benzene rings is 1. The third-order valence-corrected chi connectivity index (χ3v) is 5.88. The summed E-state index contributed by atoms with van der Waals surface area (Å²) >= 11 is 1.52. The molecule has 3 aromatic rings. The van der Waals surface area contributed by atoms with Crippen molar-refractivity contribution in [2.45, 2.75) is 17.9 Å². The fraction of sp³-hybridized carbons (Fsp3) is 0.235. The lowest BCUT2D eigenvalue weighted by Gasteiger charge is -2.17. The van der Waals surface area contributed by atoms with Crippen molar-refractivity contribution in [3.05, 3.63) is 64.9 Å². The topological polar surface area (TPSA) is 73.2 Å². The molecule has 1 atom stereocenters. The molecular formula is C17H18FN3O3S2. The smallest absolute Gasteiger partial charge is 0.240 e. The molecule has 0 saturated heterocycles. The second-order valence-corrected chi connectivity index (χ2v) is 7.98. The quantitative estimate of drug-likeness (QED) is 0.636. The van der Waals surface area contributed by atoms with Gasteiger partial charge in [0.15, 0.2) is 11.6 Å². The van der Waals surface area contributed by atoms with E-state index in [2.05, 4.69) is 9.82 Å². The summed E-state index contributed by atoms with van der Waals surface area (Å²) in [5.74, 6) is -0.685. The highest BCUT2D eigenvalue weighted by atomic mass is 32.2. The van der Waals surface area contributed by atoms with Crippen molar-refractivity contribution in [3.63, 3.8) is 0 Å². The zero-order valence-electron chi connectivity index (χ0n) is 14.0. The molecule has 2 heterocycles. The zero-order chi connectivity index (χ0) is 18.6. The van der Waals surface area contributed by atoms with Crippen molar-refractivity contribution < 1.29 is 17.5 Å². The Hall–Kier alpha value is -2.23. The first-order chi connectivity index (χ1) is 12.5. The van der Waals surface area contributed by atoms with E-state index >= 15 is 0 Å². The number of halogens is 1. The van der Waals surface area contributed by atoms with Crippen molar-refractivity contribution in [2.75, 3.05) is 13.2 Å². The van der Waals surface area contributed by atoms with Crippen molar-refractivity contribution >= 4 is 21.4 Å². The second kappa shape index (κ2) is 7.98. The summed E-state index contributed by atoms with van der Waals surface area (Å²) in [5, 5.41) is 8.06. The van der Waals surface area contributed by atoms with Crippen LogP contribution < -0.4 is 9.46 Å². The number of hydrogen-bond acceptors (Lipinski definition) is 5. The third kappa shape index (κ3) is 4.12. The van der Waals surface area contributed by atoms with Crippen LogP contribution in [0.15, 0.2) is 58.4 Å². The second-order valence-electron chi connectivity index (χ2n) is 5.44. The van der Waals surface area contributed by atoms with E-state index in [1.54, 1.807) is 30.1 Å². The van der Waals surface area contributed by atoms with Crippen LogP contribution in [0.3, 0.4) is 0 Å². The molecule has 3 rings (SSSR count). The lowest BCUT2D eigenvalue weighted by atomic mass is 10.1. The van der Waals surface area contributed by atoms with Crippen LogP contribution in [0.25, 0.3) is 0 Å². The van der Waals surface area contributed by atoms with Gasteiger partial charge < -0.3 is 4.74 Å². The fourth-order valence-electron chi connectivity index (χ4n) is 2.49. The van der Waals surface area contributed by atoms with Gasteiger partial charge in [0.05, 0.1) is 17.5 Å². The van der Waals surface area contributed by atoms with Crippen LogP contribution in [0, 0.1) is 5.82 Å². The van der Waals surface area contributed by atoms with Crippen molar-refractivity contribution in [1.29, 1.82) is 0 Å². The van der Waals surface area contributed by atoms with Gasteiger partial charge in [-0.3, -0.25) is 4.68 Å². The van der Waals surface area contributed by atoms with Gasteiger partial charge in [0.25, 0.3) is 0 Å². The maximum atomic E-state index is 14.0. The Morgan fingerprint density at radius 3 is 2.85 bits per heavy atom. The Kier molecular flexibility index (Phi) is 5.70. The molecule has 0 fully saturated rings. The van der Waals surface area contributed by atoms with Crippen molar-refractivity contribution in [1.82, 2.24) is 14.5 Å². The number of ether oxygens (including phenoxy) is 1. The van der Waals surface area contributed by atoms with Gasteiger partial charge in [-0.05, 0) is 53.6 Å². The molecule has 26 heavy (non-hydrogen) atoms. The molecule has 1 N–H and O–H groups in total. The molecule has 0 bridgehead atoms. The zero-order valence-corrected chi connectivity index (χ0v) is 15.6. The lowest BCUT2D eigenvalue weighted by molar-refractivity contribution is 0.321. The molecule has 2 aromatic heterocycles. The SMILES string of the molecule is CCOc1ccc(S(=O)(=O)NC[C@H](c2ccsc2)n2cccn2)cc1F. The van der Waals surface area contributed by atoms with E-state index in [0.29, 0.717) is 6.61 Å². The fourth-order valence-corrected chi connectivity index (χ4v) is 4.24. The van der Waals surface area contributed by atoms with Crippen molar-refractivity contribution in [3.8, 4) is 5.75 Å². The van der Waals surface area contributed by atoms with Crippen molar-refractivity contribution in [2.24, 2.45) is 0 Å². The number of thiophene rings is 1. The highest BCUT2D eigenvalue weighted by Crippen LogP contribution is 2.23. The van der Waals surface area contributed by atoms with E-state index < -0.39 is 15.8 Å². The molecule has 0 radical (unpaired) electrons. The normalized spacial score (nSPS) is 12.8. The maximum Gasteiger partial charge on any atom is 0.240 e. The molecule has 0 spiro atoms. The van der Waals surface area contributed by atoms with Gasteiger partial charge in [-0.2, -0.15) is 16.4 Å². The average molecular weight is 395 g/mol. The summed E-state index contributed by atoms with van der Waals surface area (Å²) in [6.07, 6.45) is 3.41. The number of nitrogens with zero attached hydrogens (tertiary/aromatic N) is 2. The predicted octanol–water partition coefficient (Wildman–Crippen LogP) is 3.05. The van der Waals surface area contributed by atoms with Gasteiger partial charge in [0.2, 0.25) is 10.0 Å². The molecule has 0 unspecified atom stereocenters. The summed E-state index contributed by atoms with van der Waals surface area (Å²) in [7, 11) is -3.87. The van der Waals surface area contributed by atoms with E-state index in [0.717, 1.165) is 11.6 Å². The summed E-state index contributed by atoms with van der Waals surface area (Å²) in [6.45, 7) is 2.12. The number of hydrogen-bond donors (Lipinski definition) is 1. The summed E-state index contributed by atoms with van der Waals surface area (Å²) < 4.78 is 48.4. The van der Waals surface area contributed by atoms with Crippen LogP contribution in [0.1, 0.15) is 18.5 Å². The Balaban J connectivity index is 1.79. The van der Waals surface area contributed by atoms with Gasteiger partial charge in [-0.25, -0.2) is 17.5 Å². The van der Waals surface area contributed by atoms with Crippen LogP contribution >= 0.6 is 11.3 Å². The Morgan fingerprint density at radius 2 is 2.23 bits per heavy atom. The minimum atomic E-state index is -3.87. The molecule has 0 saturated carbocycles. The highest BCUT2D eigenvalue weighted by molar-refractivity contribution is 7.89. The number of sulfonamides is 1. The Bertz CT molecular complexity index is 908. The summed E-state index contributed by atoms with van der Waals surface area (Å²) in [5.41, 5.74) is 0.944. The average Bonchev–Trinajstić information content (AvgIpc) is 3.31. The first-order valence-corrected chi connectivity index (χ1v) is 10.4. The van der Waals surface area contributed by atoms with Gasteiger partial charge >= 0.3 is 0 Å². The molecule has 1 aromatic carbocycles. The minimum Gasteiger partial charge on any atom is -0.491 e. The lowest BCUT2D eigenvalue weighted by Crippen LogP contribution is -2.31. The van der Waals surface area contributed by atoms with E-state index in [9.17, 15) is 12.8 Å². The standard InChI is InChI=1S/C17H18FN3O3S2/c1-2-24-17-5-4-14(10-15(17)18)26(22,23)20-11-16(13-6-9-25-12-13)21-8-3-7-19-21/h3-10,12,16,20H,2,11H2,1H3/t16-/m1/s1. The minimum absolute atomic E-state index is 0.0270. The molecule has 0 amide bonds. The van der Waals surface area contributed by atoms with Crippen LogP contribution in [-0.4, -0.2) is 31.3 Å². The van der Waals surface area contributed by atoms with E-state index in [-0.39, 0.29) is 23.2 Å². The third-order valence-electron chi connectivity index (χ3n) is 3.75. The molecule has 0 aliphatic rings. The molecule has 6 nitrogen and oxygen atoms in total. The maximum absolute atomic E-state index is 14.0. The van der Waals surface area contributed by atoms with Crippen LogP contribution in [0.2, 0.25) is 0 Å². The molecule has 0 aliphatic carbocycles. The number of nitrogens with one attached hydrogen (secondary N) is 1. The predicted molar refractivity (Wildman–Crippen MR) is 97.4 cm³/mol. The summed E-state index contributed by atoms with van der Waals surface area (Å²) in [4.78, 5) is -0.150. The van der Waals surface area contributed by atoms with Crippen LogP contribution in [0.5, 0.6) is 5.75 Å². The van der Waals surface area contributed by atoms with E-state index in [1.807, 2.05) is 16.8 Å². The van der Waals surface area contributed by atoms with Gasteiger partial charge in [-0.15, -0.1) is 0 Å². The highest BCUT2D eigenvalue weighted by Gasteiger charge is 2.21. The van der Waals surface area contributed by atoms with Crippen LogP contribution in [0.4, 0.5) is 4.39 Å². The molecular weight excluding hydrogens is 377 g/mol. The Labute approximate surface area is 155 Å². The summed E-state index contributed by atoms with van der Waals surface area (Å²) in [6, 6.07) is 7.00. The van der Waals surface area contributed by atoms with Gasteiger partial charge in [-0.1, -0.05) is 0 Å². The van der Waals surface area contributed by atoms with Gasteiger partial charge in [0, 0.05) is 18.9 Å². The molecule has 9 heteroatoms. The van der Waals surface area contributed by atoms with Crippen LogP contribution in [-0.2, 0) is 10.0 Å². The largest absolute Gasteiger partial charge is 0.491 e. The van der Waals surface area contributed by atoms with E-state index in [1.165, 1.54) is 23.5 Å². The molecule has 0 aliphatic heterocycles. The first-order valence-electron chi connectivity index (χ1n) is 7.94. The molecule has 138 valence electrons. The number of rotatable bonds is 8. The first kappa shape index (κ1) is 18.6. The van der Waals surface area contributed by atoms with E-state index in [4.69, 9.17) is 4.74 Å².